The standard InChI is InChI=1S/C23H36O3/c1-14(24)26-20-18(25)13-23(5)17-10-12-22(4)11-6-7-16(22)15(17)8-9-19(23)21(20,2)3/h15-17,19-20H,6-13H2,1-5H3/t15-,16-,17-,19-,20+,22-,23+/m0/s1. The second kappa shape index (κ2) is 5.82. The van der Waals surface area contributed by atoms with Crippen molar-refractivity contribution >= 4 is 11.8 Å². The van der Waals surface area contributed by atoms with Crippen molar-refractivity contribution in [3.63, 3.8) is 0 Å². The van der Waals surface area contributed by atoms with E-state index in [1.165, 1.54) is 51.9 Å². The van der Waals surface area contributed by atoms with Crippen LogP contribution in [0.15, 0.2) is 0 Å². The molecule has 4 aliphatic rings. The molecule has 0 heterocycles. The minimum Gasteiger partial charge on any atom is -0.454 e. The maximum absolute atomic E-state index is 13.1. The van der Waals surface area contributed by atoms with Gasteiger partial charge in [-0.2, -0.15) is 0 Å². The number of rotatable bonds is 1. The Hall–Kier alpha value is -0.860. The van der Waals surface area contributed by atoms with Crippen molar-refractivity contribution in [1.82, 2.24) is 0 Å². The van der Waals surface area contributed by atoms with Crippen molar-refractivity contribution in [2.45, 2.75) is 92.1 Å². The molecule has 26 heavy (non-hydrogen) atoms. The molecule has 3 nitrogen and oxygen atoms in total. The molecule has 4 fully saturated rings. The van der Waals surface area contributed by atoms with Crippen LogP contribution in [0.3, 0.4) is 0 Å². The van der Waals surface area contributed by atoms with Gasteiger partial charge in [0.15, 0.2) is 11.9 Å². The summed E-state index contributed by atoms with van der Waals surface area (Å²) in [5.74, 6) is 2.62. The average Bonchev–Trinajstić information content (AvgIpc) is 2.93. The van der Waals surface area contributed by atoms with Gasteiger partial charge in [0.1, 0.15) is 0 Å². The van der Waals surface area contributed by atoms with E-state index in [2.05, 4.69) is 27.7 Å². The van der Waals surface area contributed by atoms with Crippen LogP contribution in [-0.4, -0.2) is 17.9 Å². The Bertz CT molecular complexity index is 623. The molecule has 0 amide bonds. The number of ether oxygens (including phenoxy) is 1. The van der Waals surface area contributed by atoms with Crippen molar-refractivity contribution < 1.29 is 14.3 Å². The minimum atomic E-state index is -0.560. The summed E-state index contributed by atoms with van der Waals surface area (Å²) in [6, 6.07) is 0. The maximum atomic E-state index is 13.1. The smallest absolute Gasteiger partial charge is 0.303 e. The van der Waals surface area contributed by atoms with Crippen LogP contribution >= 0.6 is 0 Å². The van der Waals surface area contributed by atoms with Gasteiger partial charge >= 0.3 is 5.97 Å². The fraction of sp³-hybridized carbons (Fsp3) is 0.913. The van der Waals surface area contributed by atoms with Gasteiger partial charge in [-0.1, -0.05) is 34.1 Å². The highest BCUT2D eigenvalue weighted by Gasteiger charge is 2.64. The summed E-state index contributed by atoms with van der Waals surface area (Å²) in [5.41, 5.74) is 0.361. The third kappa shape index (κ3) is 2.44. The lowest BCUT2D eigenvalue weighted by Crippen LogP contribution is -2.62. The molecule has 0 aromatic carbocycles. The van der Waals surface area contributed by atoms with Gasteiger partial charge in [-0.05, 0) is 73.0 Å². The lowest BCUT2D eigenvalue weighted by Gasteiger charge is -2.63. The first-order valence-electron chi connectivity index (χ1n) is 10.8. The van der Waals surface area contributed by atoms with Crippen molar-refractivity contribution in [3.05, 3.63) is 0 Å². The summed E-state index contributed by atoms with van der Waals surface area (Å²) < 4.78 is 5.55. The van der Waals surface area contributed by atoms with Crippen LogP contribution in [0.5, 0.6) is 0 Å². The van der Waals surface area contributed by atoms with Crippen molar-refractivity contribution in [1.29, 1.82) is 0 Å². The van der Waals surface area contributed by atoms with Crippen LogP contribution in [0.25, 0.3) is 0 Å². The number of hydrogen-bond acceptors (Lipinski definition) is 3. The molecule has 146 valence electrons. The lowest BCUT2D eigenvalue weighted by molar-refractivity contribution is -0.195. The molecule has 0 aromatic rings. The normalized spacial score (nSPS) is 49.7. The second-order valence-electron chi connectivity index (χ2n) is 11.1. The number of carbonyl (C=O) groups excluding carboxylic acids is 2. The van der Waals surface area contributed by atoms with Crippen LogP contribution in [0, 0.1) is 39.9 Å². The first kappa shape index (κ1) is 18.5. The molecular formula is C23H36O3. The summed E-state index contributed by atoms with van der Waals surface area (Å²) in [4.78, 5) is 24.7. The predicted octanol–water partition coefficient (Wildman–Crippen LogP) is 5.17. The number of esters is 1. The van der Waals surface area contributed by atoms with E-state index in [1.807, 2.05) is 0 Å². The molecule has 4 rings (SSSR count). The van der Waals surface area contributed by atoms with E-state index in [4.69, 9.17) is 4.74 Å². The first-order valence-corrected chi connectivity index (χ1v) is 10.8. The Morgan fingerprint density at radius 3 is 2.42 bits per heavy atom. The molecule has 0 aromatic heterocycles. The predicted molar refractivity (Wildman–Crippen MR) is 101 cm³/mol. The quantitative estimate of drug-likeness (QED) is 0.606. The van der Waals surface area contributed by atoms with E-state index >= 15 is 0 Å². The molecule has 0 radical (unpaired) electrons. The van der Waals surface area contributed by atoms with E-state index in [9.17, 15) is 9.59 Å². The molecule has 7 atom stereocenters. The van der Waals surface area contributed by atoms with Crippen LogP contribution in [0.2, 0.25) is 0 Å². The van der Waals surface area contributed by atoms with Gasteiger partial charge in [-0.15, -0.1) is 0 Å². The van der Waals surface area contributed by atoms with E-state index in [-0.39, 0.29) is 22.6 Å². The summed E-state index contributed by atoms with van der Waals surface area (Å²) >= 11 is 0. The van der Waals surface area contributed by atoms with Crippen LogP contribution in [0.1, 0.15) is 86.0 Å². The second-order valence-corrected chi connectivity index (χ2v) is 11.1. The summed E-state index contributed by atoms with van der Waals surface area (Å²) in [6.07, 6.45) is 9.33. The van der Waals surface area contributed by atoms with E-state index < -0.39 is 6.10 Å². The highest BCUT2D eigenvalue weighted by Crippen LogP contribution is 2.68. The third-order valence-electron chi connectivity index (χ3n) is 9.36. The zero-order valence-corrected chi connectivity index (χ0v) is 17.3. The third-order valence-corrected chi connectivity index (χ3v) is 9.36. The number of hydrogen-bond donors (Lipinski definition) is 0. The largest absolute Gasteiger partial charge is 0.454 e. The molecule has 0 spiro atoms. The molecule has 0 saturated heterocycles. The Morgan fingerprint density at radius 2 is 1.73 bits per heavy atom. The molecule has 0 aliphatic heterocycles. The highest BCUT2D eigenvalue weighted by molar-refractivity contribution is 5.87. The van der Waals surface area contributed by atoms with Crippen molar-refractivity contribution in [3.8, 4) is 0 Å². The number of fused-ring (bicyclic) bond motifs is 5. The Kier molecular flexibility index (Phi) is 4.14. The monoisotopic (exact) mass is 360 g/mol. The number of ketones is 1. The minimum absolute atomic E-state index is 0.0735. The fourth-order valence-electron chi connectivity index (χ4n) is 8.37. The van der Waals surface area contributed by atoms with Crippen molar-refractivity contribution in [2.24, 2.45) is 39.9 Å². The maximum Gasteiger partial charge on any atom is 0.303 e. The molecule has 0 N–H and O–H groups in total. The first-order chi connectivity index (χ1) is 12.1. The van der Waals surface area contributed by atoms with Crippen molar-refractivity contribution in [2.75, 3.05) is 0 Å². The average molecular weight is 361 g/mol. The van der Waals surface area contributed by atoms with Crippen LogP contribution in [0.4, 0.5) is 0 Å². The van der Waals surface area contributed by atoms with Gasteiger partial charge in [-0.3, -0.25) is 9.59 Å². The Morgan fingerprint density at radius 1 is 1.00 bits per heavy atom. The molecule has 4 aliphatic carbocycles. The fourth-order valence-corrected chi connectivity index (χ4v) is 8.37. The van der Waals surface area contributed by atoms with E-state index in [1.54, 1.807) is 0 Å². The number of carbonyl (C=O) groups is 2. The summed E-state index contributed by atoms with van der Waals surface area (Å²) in [5, 5.41) is 0. The molecule has 0 bridgehead atoms. The molecule has 0 unspecified atom stereocenters. The summed E-state index contributed by atoms with van der Waals surface area (Å²) in [7, 11) is 0. The van der Waals surface area contributed by atoms with E-state index in [0.29, 0.717) is 23.7 Å². The van der Waals surface area contributed by atoms with Crippen LogP contribution < -0.4 is 0 Å². The molecule has 4 saturated carbocycles. The zero-order chi connectivity index (χ0) is 18.9. The number of Topliss-reactive ketones (excluding diaryl/α,β-unsaturated/α-hetero) is 1. The Labute approximate surface area is 158 Å². The highest BCUT2D eigenvalue weighted by atomic mass is 16.5. The lowest BCUT2D eigenvalue weighted by atomic mass is 9.41. The zero-order valence-electron chi connectivity index (χ0n) is 17.3. The van der Waals surface area contributed by atoms with E-state index in [0.717, 1.165) is 11.8 Å². The Balaban J connectivity index is 1.67. The SMILES string of the molecule is CC(=O)O[C@@H]1C(=O)C[C@]2(C)[C@H]3CC[C@]4(C)CCC[C@H]4[C@@H]3CC[C@H]2C1(C)C. The van der Waals surface area contributed by atoms with Gasteiger partial charge in [0.2, 0.25) is 0 Å². The van der Waals surface area contributed by atoms with Gasteiger partial charge in [0.05, 0.1) is 0 Å². The van der Waals surface area contributed by atoms with Gasteiger partial charge in [-0.25, -0.2) is 0 Å². The molecular weight excluding hydrogens is 324 g/mol. The van der Waals surface area contributed by atoms with Gasteiger partial charge in [0, 0.05) is 18.8 Å². The van der Waals surface area contributed by atoms with Crippen LogP contribution in [-0.2, 0) is 14.3 Å². The molecule has 3 heteroatoms. The topological polar surface area (TPSA) is 43.4 Å². The van der Waals surface area contributed by atoms with Gasteiger partial charge < -0.3 is 4.74 Å². The van der Waals surface area contributed by atoms with Gasteiger partial charge in [0.25, 0.3) is 0 Å². The summed E-state index contributed by atoms with van der Waals surface area (Å²) in [6.45, 7) is 10.7.